The van der Waals surface area contributed by atoms with Crippen LogP contribution in [-0.2, 0) is 0 Å². The summed E-state index contributed by atoms with van der Waals surface area (Å²) in [5.74, 6) is 0.704. The van der Waals surface area contributed by atoms with E-state index in [9.17, 15) is 0 Å². The normalized spacial score (nSPS) is 21.4. The summed E-state index contributed by atoms with van der Waals surface area (Å²) in [6.45, 7) is 4.56. The fourth-order valence-corrected chi connectivity index (χ4v) is 3.42. The Morgan fingerprint density at radius 3 is 2.90 bits per heavy atom. The third-order valence-corrected chi connectivity index (χ3v) is 4.86. The van der Waals surface area contributed by atoms with Crippen LogP contribution in [0.1, 0.15) is 45.6 Å². The monoisotopic (exact) mass is 305 g/mol. The van der Waals surface area contributed by atoms with Crippen LogP contribution >= 0.6 is 11.6 Å². The number of rotatable bonds is 2. The van der Waals surface area contributed by atoms with Gasteiger partial charge in [0.1, 0.15) is 0 Å². The molecule has 112 valence electrons. The van der Waals surface area contributed by atoms with Crippen LogP contribution in [0.4, 0.5) is 5.69 Å². The Morgan fingerprint density at radius 1 is 1.33 bits per heavy atom. The minimum Gasteiger partial charge on any atom is -0.397 e. The van der Waals surface area contributed by atoms with Crippen molar-refractivity contribution in [3.05, 3.63) is 23.2 Å². The molecule has 6 heteroatoms. The highest BCUT2D eigenvalue weighted by molar-refractivity contribution is 6.33. The maximum absolute atomic E-state index is 6.12. The van der Waals surface area contributed by atoms with Crippen LogP contribution in [0, 0.1) is 5.41 Å². The maximum atomic E-state index is 6.12. The van der Waals surface area contributed by atoms with Gasteiger partial charge in [0.15, 0.2) is 5.82 Å². The molecule has 21 heavy (non-hydrogen) atoms. The molecule has 0 radical (unpaired) electrons. The van der Waals surface area contributed by atoms with Crippen LogP contribution in [-0.4, -0.2) is 20.2 Å². The highest BCUT2D eigenvalue weighted by atomic mass is 35.5. The number of halogens is 1. The molecule has 1 heterocycles. The summed E-state index contributed by atoms with van der Waals surface area (Å²) in [5, 5.41) is 12.8. The van der Waals surface area contributed by atoms with Crippen LogP contribution in [0.3, 0.4) is 0 Å². The van der Waals surface area contributed by atoms with Crippen molar-refractivity contribution in [2.45, 2.75) is 45.6 Å². The average molecular weight is 306 g/mol. The lowest BCUT2D eigenvalue weighted by Crippen LogP contribution is -2.31. The highest BCUT2D eigenvalue weighted by Gasteiger charge is 2.36. The second-order valence-corrected chi connectivity index (χ2v) is 6.81. The first-order valence-electron chi connectivity index (χ1n) is 7.33. The lowest BCUT2D eigenvalue weighted by Gasteiger charge is -2.38. The first-order valence-corrected chi connectivity index (χ1v) is 7.71. The zero-order valence-corrected chi connectivity index (χ0v) is 13.1. The standard InChI is InChI=1S/C15H20ClN5/c1-15(2)9-4-3-8-12(15)21-14(18-19-20-21)10-6-5-7-11(16)13(10)17/h5-7,12H,3-4,8-9,17H2,1-2H3. The minimum atomic E-state index is 0.176. The molecular weight excluding hydrogens is 286 g/mol. The van der Waals surface area contributed by atoms with E-state index in [4.69, 9.17) is 17.3 Å². The Hall–Kier alpha value is -1.62. The quantitative estimate of drug-likeness (QED) is 0.859. The van der Waals surface area contributed by atoms with Crippen LogP contribution in [0.25, 0.3) is 11.4 Å². The molecule has 0 spiro atoms. The van der Waals surface area contributed by atoms with Gasteiger partial charge in [0.25, 0.3) is 0 Å². The van der Waals surface area contributed by atoms with Gasteiger partial charge in [0.2, 0.25) is 0 Å². The van der Waals surface area contributed by atoms with Crippen molar-refractivity contribution in [2.75, 3.05) is 5.73 Å². The number of benzene rings is 1. The smallest absolute Gasteiger partial charge is 0.184 e. The summed E-state index contributed by atoms with van der Waals surface area (Å²) in [6, 6.07) is 5.85. The lowest BCUT2D eigenvalue weighted by molar-refractivity contribution is 0.132. The zero-order chi connectivity index (χ0) is 15.0. The molecule has 1 aromatic carbocycles. The maximum Gasteiger partial charge on any atom is 0.184 e. The van der Waals surface area contributed by atoms with E-state index in [1.165, 1.54) is 19.3 Å². The van der Waals surface area contributed by atoms with Gasteiger partial charge in [-0.25, -0.2) is 4.68 Å². The molecule has 2 N–H and O–H groups in total. The average Bonchev–Trinajstić information content (AvgIpc) is 2.90. The van der Waals surface area contributed by atoms with Gasteiger partial charge in [0.05, 0.1) is 16.8 Å². The number of nitrogen functional groups attached to an aromatic ring is 1. The van der Waals surface area contributed by atoms with Crippen LogP contribution in [0.2, 0.25) is 5.02 Å². The van der Waals surface area contributed by atoms with Crippen molar-refractivity contribution >= 4 is 17.3 Å². The molecule has 1 aromatic heterocycles. The Balaban J connectivity index is 2.07. The summed E-state index contributed by atoms with van der Waals surface area (Å²) >= 11 is 6.12. The molecule has 0 saturated heterocycles. The number of tetrazole rings is 1. The molecule has 1 aliphatic carbocycles. The van der Waals surface area contributed by atoms with E-state index < -0.39 is 0 Å². The minimum absolute atomic E-state index is 0.176. The van der Waals surface area contributed by atoms with E-state index in [0.717, 1.165) is 12.0 Å². The van der Waals surface area contributed by atoms with Gasteiger partial charge in [-0.05, 0) is 40.8 Å². The van der Waals surface area contributed by atoms with Crippen LogP contribution in [0.5, 0.6) is 0 Å². The van der Waals surface area contributed by atoms with Gasteiger partial charge in [0, 0.05) is 5.56 Å². The van der Waals surface area contributed by atoms with E-state index >= 15 is 0 Å². The van der Waals surface area contributed by atoms with E-state index in [0.29, 0.717) is 16.5 Å². The summed E-state index contributed by atoms with van der Waals surface area (Å²) in [4.78, 5) is 0. The van der Waals surface area contributed by atoms with Crippen LogP contribution in [0.15, 0.2) is 18.2 Å². The highest BCUT2D eigenvalue weighted by Crippen LogP contribution is 2.45. The van der Waals surface area contributed by atoms with E-state index in [1.807, 2.05) is 16.8 Å². The fraction of sp³-hybridized carbons (Fsp3) is 0.533. The fourth-order valence-electron chi connectivity index (χ4n) is 3.24. The van der Waals surface area contributed by atoms with Gasteiger partial charge >= 0.3 is 0 Å². The van der Waals surface area contributed by atoms with Crippen molar-refractivity contribution < 1.29 is 0 Å². The third kappa shape index (κ3) is 2.50. The number of anilines is 1. The first-order chi connectivity index (χ1) is 10.0. The molecule has 0 bridgehead atoms. The molecular formula is C15H20ClN5. The zero-order valence-electron chi connectivity index (χ0n) is 12.4. The van der Waals surface area contributed by atoms with Crippen LogP contribution < -0.4 is 5.73 Å². The number of para-hydroxylation sites is 1. The van der Waals surface area contributed by atoms with Gasteiger partial charge in [-0.15, -0.1) is 5.10 Å². The van der Waals surface area contributed by atoms with Gasteiger partial charge < -0.3 is 5.73 Å². The Kier molecular flexibility index (Phi) is 3.61. The molecule has 3 rings (SSSR count). The molecule has 5 nitrogen and oxygen atoms in total. The second kappa shape index (κ2) is 5.30. The van der Waals surface area contributed by atoms with Crippen molar-refractivity contribution in [2.24, 2.45) is 5.41 Å². The Bertz CT molecular complexity index is 649. The molecule has 1 atom stereocenters. The predicted octanol–water partition coefficient (Wildman–Crippen LogP) is 3.72. The summed E-state index contributed by atoms with van der Waals surface area (Å²) in [7, 11) is 0. The molecule has 1 fully saturated rings. The van der Waals surface area contributed by atoms with Gasteiger partial charge in [-0.2, -0.15) is 0 Å². The van der Waals surface area contributed by atoms with Crippen molar-refractivity contribution in [3.8, 4) is 11.4 Å². The van der Waals surface area contributed by atoms with Gasteiger partial charge in [-0.1, -0.05) is 44.4 Å². The lowest BCUT2D eigenvalue weighted by atomic mass is 9.73. The number of nitrogens with zero attached hydrogens (tertiary/aromatic N) is 4. The number of hydrogen-bond acceptors (Lipinski definition) is 4. The molecule has 0 aliphatic heterocycles. The molecule has 1 unspecified atom stereocenters. The first kappa shape index (κ1) is 14.3. The van der Waals surface area contributed by atoms with Gasteiger partial charge in [-0.3, -0.25) is 0 Å². The van der Waals surface area contributed by atoms with Crippen molar-refractivity contribution in [1.29, 1.82) is 0 Å². The number of nitrogens with two attached hydrogens (primary N) is 1. The molecule has 1 aliphatic rings. The van der Waals surface area contributed by atoms with E-state index in [2.05, 4.69) is 29.4 Å². The van der Waals surface area contributed by atoms with E-state index in [1.54, 1.807) is 6.07 Å². The topological polar surface area (TPSA) is 69.6 Å². The Morgan fingerprint density at radius 2 is 2.14 bits per heavy atom. The largest absolute Gasteiger partial charge is 0.397 e. The number of aromatic nitrogens is 4. The second-order valence-electron chi connectivity index (χ2n) is 6.40. The Labute approximate surface area is 129 Å². The predicted molar refractivity (Wildman–Crippen MR) is 84.0 cm³/mol. The van der Waals surface area contributed by atoms with Crippen molar-refractivity contribution in [3.63, 3.8) is 0 Å². The molecule has 1 saturated carbocycles. The number of hydrogen-bond donors (Lipinski definition) is 1. The SMILES string of the molecule is CC1(C)CCCCC1n1nnnc1-c1cccc(Cl)c1N. The third-order valence-electron chi connectivity index (χ3n) is 4.53. The summed E-state index contributed by atoms with van der Waals surface area (Å²) in [5.41, 5.74) is 7.61. The van der Waals surface area contributed by atoms with Crippen molar-refractivity contribution in [1.82, 2.24) is 20.2 Å². The molecule has 2 aromatic rings. The molecule has 0 amide bonds. The van der Waals surface area contributed by atoms with E-state index in [-0.39, 0.29) is 11.5 Å². The summed E-state index contributed by atoms with van der Waals surface area (Å²) < 4.78 is 1.93. The summed E-state index contributed by atoms with van der Waals surface area (Å²) in [6.07, 6.45) is 4.74.